The van der Waals surface area contributed by atoms with Crippen molar-refractivity contribution < 1.29 is 4.79 Å². The van der Waals surface area contributed by atoms with E-state index in [4.69, 9.17) is 0 Å². The third-order valence-corrected chi connectivity index (χ3v) is 6.17. The number of carbonyl (C=O) groups excluding carboxylic acids is 1. The normalized spacial score (nSPS) is 14.9. The van der Waals surface area contributed by atoms with E-state index in [9.17, 15) is 4.79 Å². The van der Waals surface area contributed by atoms with Gasteiger partial charge in [0.05, 0.1) is 5.75 Å². The molecule has 6 nitrogen and oxygen atoms in total. The van der Waals surface area contributed by atoms with E-state index in [1.165, 1.54) is 17.3 Å². The Labute approximate surface area is 175 Å². The molecule has 1 aromatic heterocycles. The zero-order valence-corrected chi connectivity index (χ0v) is 17.4. The first-order chi connectivity index (χ1) is 14.2. The van der Waals surface area contributed by atoms with Gasteiger partial charge >= 0.3 is 0 Å². The second-order valence-corrected chi connectivity index (χ2v) is 8.10. The molecule has 4 rings (SSSR count). The number of piperazine rings is 1. The number of thioether (sulfide) groups is 1. The molecule has 1 fully saturated rings. The predicted molar refractivity (Wildman–Crippen MR) is 115 cm³/mol. The Balaban J connectivity index is 1.27. The predicted octanol–water partition coefficient (Wildman–Crippen LogP) is 2.92. The molecule has 150 valence electrons. The van der Waals surface area contributed by atoms with Gasteiger partial charge in [0.25, 0.3) is 0 Å². The van der Waals surface area contributed by atoms with Gasteiger partial charge in [0.2, 0.25) is 5.91 Å². The second-order valence-electron chi connectivity index (χ2n) is 7.16. The van der Waals surface area contributed by atoms with Gasteiger partial charge in [-0.2, -0.15) is 0 Å². The summed E-state index contributed by atoms with van der Waals surface area (Å²) in [7, 11) is 1.94. The average Bonchev–Trinajstić information content (AvgIpc) is 3.14. The van der Waals surface area contributed by atoms with Crippen molar-refractivity contribution in [3.8, 4) is 11.4 Å². The maximum Gasteiger partial charge on any atom is 0.233 e. The summed E-state index contributed by atoms with van der Waals surface area (Å²) in [5.41, 5.74) is 2.34. The minimum atomic E-state index is 0.165. The van der Waals surface area contributed by atoms with Crippen molar-refractivity contribution in [1.82, 2.24) is 24.6 Å². The molecule has 0 aliphatic carbocycles. The monoisotopic (exact) mass is 407 g/mol. The smallest absolute Gasteiger partial charge is 0.233 e. The molecule has 1 aliphatic heterocycles. The third-order valence-electron chi connectivity index (χ3n) is 5.17. The first kappa shape index (κ1) is 19.7. The van der Waals surface area contributed by atoms with Crippen molar-refractivity contribution in [3.05, 3.63) is 66.2 Å². The molecule has 29 heavy (non-hydrogen) atoms. The van der Waals surface area contributed by atoms with Crippen LogP contribution in [0.25, 0.3) is 11.4 Å². The van der Waals surface area contributed by atoms with Crippen LogP contribution in [0.15, 0.2) is 65.8 Å². The van der Waals surface area contributed by atoms with Gasteiger partial charge in [-0.15, -0.1) is 10.2 Å². The molecule has 3 aromatic rings. The lowest BCUT2D eigenvalue weighted by molar-refractivity contribution is -0.130. The number of nitrogens with zero attached hydrogens (tertiary/aromatic N) is 5. The van der Waals surface area contributed by atoms with E-state index in [0.717, 1.165) is 49.3 Å². The first-order valence-electron chi connectivity index (χ1n) is 9.82. The maximum atomic E-state index is 12.7. The maximum absolute atomic E-state index is 12.7. The fourth-order valence-corrected chi connectivity index (χ4v) is 4.31. The average molecular weight is 408 g/mol. The fourth-order valence-electron chi connectivity index (χ4n) is 3.49. The summed E-state index contributed by atoms with van der Waals surface area (Å²) in [6, 6.07) is 20.5. The highest BCUT2D eigenvalue weighted by molar-refractivity contribution is 7.99. The van der Waals surface area contributed by atoms with E-state index in [-0.39, 0.29) is 5.91 Å². The number of amides is 1. The Kier molecular flexibility index (Phi) is 6.27. The van der Waals surface area contributed by atoms with Gasteiger partial charge < -0.3 is 9.47 Å². The van der Waals surface area contributed by atoms with Crippen LogP contribution >= 0.6 is 11.8 Å². The van der Waals surface area contributed by atoms with Gasteiger partial charge in [-0.3, -0.25) is 9.69 Å². The van der Waals surface area contributed by atoms with Gasteiger partial charge in [0.1, 0.15) is 0 Å². The molecule has 0 saturated carbocycles. The van der Waals surface area contributed by atoms with Crippen LogP contribution in [0.5, 0.6) is 0 Å². The van der Waals surface area contributed by atoms with Crippen molar-refractivity contribution in [2.24, 2.45) is 7.05 Å². The van der Waals surface area contributed by atoms with E-state index < -0.39 is 0 Å². The van der Waals surface area contributed by atoms with Gasteiger partial charge in [-0.05, 0) is 5.56 Å². The van der Waals surface area contributed by atoms with Crippen molar-refractivity contribution in [2.45, 2.75) is 11.7 Å². The van der Waals surface area contributed by atoms with E-state index >= 15 is 0 Å². The lowest BCUT2D eigenvalue weighted by Crippen LogP contribution is -2.48. The number of hydrogen-bond acceptors (Lipinski definition) is 5. The SMILES string of the molecule is Cn1c(SCC(=O)N2CCN(Cc3ccccc3)CC2)nnc1-c1ccccc1. The van der Waals surface area contributed by atoms with Gasteiger partial charge in [-0.1, -0.05) is 72.4 Å². The zero-order chi connectivity index (χ0) is 20.1. The Hall–Kier alpha value is -2.64. The van der Waals surface area contributed by atoms with Crippen molar-refractivity contribution in [2.75, 3.05) is 31.9 Å². The fraction of sp³-hybridized carbons (Fsp3) is 0.318. The lowest BCUT2D eigenvalue weighted by atomic mass is 10.2. The van der Waals surface area contributed by atoms with Crippen LogP contribution in [0, 0.1) is 0 Å². The lowest BCUT2D eigenvalue weighted by Gasteiger charge is -2.34. The van der Waals surface area contributed by atoms with Crippen molar-refractivity contribution in [1.29, 1.82) is 0 Å². The van der Waals surface area contributed by atoms with Gasteiger partial charge in [0.15, 0.2) is 11.0 Å². The molecule has 2 aromatic carbocycles. The van der Waals surface area contributed by atoms with E-state index in [1.54, 1.807) is 0 Å². The summed E-state index contributed by atoms with van der Waals surface area (Å²) >= 11 is 1.45. The first-order valence-corrected chi connectivity index (χ1v) is 10.8. The molecule has 1 amide bonds. The zero-order valence-electron chi connectivity index (χ0n) is 16.6. The van der Waals surface area contributed by atoms with Crippen molar-refractivity contribution in [3.63, 3.8) is 0 Å². The van der Waals surface area contributed by atoms with Crippen LogP contribution in [-0.2, 0) is 18.4 Å². The van der Waals surface area contributed by atoms with Crippen LogP contribution in [0.2, 0.25) is 0 Å². The molecule has 0 radical (unpaired) electrons. The molecule has 2 heterocycles. The molecule has 7 heteroatoms. The third kappa shape index (κ3) is 4.86. The largest absolute Gasteiger partial charge is 0.339 e. The molecule has 1 aliphatic rings. The Morgan fingerprint density at radius 1 is 0.931 bits per heavy atom. The summed E-state index contributed by atoms with van der Waals surface area (Å²) in [6.07, 6.45) is 0. The van der Waals surface area contributed by atoms with Crippen LogP contribution < -0.4 is 0 Å². The molecule has 0 atom stereocenters. The van der Waals surface area contributed by atoms with Crippen molar-refractivity contribution >= 4 is 17.7 Å². The van der Waals surface area contributed by atoms with Crippen LogP contribution in [0.1, 0.15) is 5.56 Å². The summed E-state index contributed by atoms with van der Waals surface area (Å²) in [6.45, 7) is 4.32. The topological polar surface area (TPSA) is 54.3 Å². The molecule has 0 spiro atoms. The van der Waals surface area contributed by atoms with Crippen LogP contribution in [0.3, 0.4) is 0 Å². The van der Waals surface area contributed by atoms with E-state index in [0.29, 0.717) is 5.75 Å². The highest BCUT2D eigenvalue weighted by Crippen LogP contribution is 2.22. The quantitative estimate of drug-likeness (QED) is 0.588. The van der Waals surface area contributed by atoms with Crippen LogP contribution in [0.4, 0.5) is 0 Å². The number of rotatable bonds is 6. The minimum absolute atomic E-state index is 0.165. The summed E-state index contributed by atoms with van der Waals surface area (Å²) in [4.78, 5) is 17.0. The second kappa shape index (κ2) is 9.24. The molecular formula is C22H25N5OS. The van der Waals surface area contributed by atoms with E-state index in [1.807, 2.05) is 52.9 Å². The van der Waals surface area contributed by atoms with Gasteiger partial charge in [0, 0.05) is 45.3 Å². The highest BCUT2D eigenvalue weighted by atomic mass is 32.2. The van der Waals surface area contributed by atoms with Crippen LogP contribution in [-0.4, -0.2) is 62.4 Å². The number of hydrogen-bond donors (Lipinski definition) is 0. The summed E-state index contributed by atoms with van der Waals surface area (Å²) in [5, 5.41) is 9.32. The minimum Gasteiger partial charge on any atom is -0.339 e. The molecule has 0 bridgehead atoms. The highest BCUT2D eigenvalue weighted by Gasteiger charge is 2.22. The number of benzene rings is 2. The summed E-state index contributed by atoms with van der Waals surface area (Å²) < 4.78 is 1.95. The Bertz CT molecular complexity index is 936. The number of carbonyl (C=O) groups is 1. The standard InChI is InChI=1S/C22H25N5OS/c1-25-21(19-10-6-3-7-11-19)23-24-22(25)29-17-20(28)27-14-12-26(13-15-27)16-18-8-4-2-5-9-18/h2-11H,12-17H2,1H3. The molecular weight excluding hydrogens is 382 g/mol. The number of aromatic nitrogens is 3. The van der Waals surface area contributed by atoms with Gasteiger partial charge in [-0.25, -0.2) is 0 Å². The molecule has 1 saturated heterocycles. The summed E-state index contributed by atoms with van der Waals surface area (Å²) in [5.74, 6) is 1.37. The molecule has 0 unspecified atom stereocenters. The van der Waals surface area contributed by atoms with E-state index in [2.05, 4.69) is 39.4 Å². The molecule has 0 N–H and O–H groups in total. The Morgan fingerprint density at radius 2 is 1.59 bits per heavy atom. The Morgan fingerprint density at radius 3 is 2.28 bits per heavy atom.